The van der Waals surface area contributed by atoms with Crippen molar-refractivity contribution in [1.82, 2.24) is 9.80 Å². The van der Waals surface area contributed by atoms with Crippen LogP contribution in [0.15, 0.2) is 48.5 Å². The Kier molecular flexibility index (Phi) is 6.50. The summed E-state index contributed by atoms with van der Waals surface area (Å²) < 4.78 is 5.83. The molecule has 2 aromatic rings. The number of amides is 2. The highest BCUT2D eigenvalue weighted by molar-refractivity contribution is 6.21. The Morgan fingerprint density at radius 1 is 0.875 bits per heavy atom. The number of rotatable bonds is 9. The molecule has 0 aliphatic carbocycles. The van der Waals surface area contributed by atoms with Crippen molar-refractivity contribution in [2.24, 2.45) is 0 Å². The molecule has 1 fully saturated rings. The SMILES string of the molecule is O=C1c2ccc(OCCN3CCN(c4ccccc4)CC3)cc2C(=O)N1CCO[N+](=O)[O-]. The zero-order valence-corrected chi connectivity index (χ0v) is 17.5. The second kappa shape index (κ2) is 9.65. The maximum absolute atomic E-state index is 12.5. The minimum absolute atomic E-state index is 0.182. The summed E-state index contributed by atoms with van der Waals surface area (Å²) in [4.78, 5) is 45.0. The molecule has 2 amide bonds. The van der Waals surface area contributed by atoms with Crippen molar-refractivity contribution in [2.75, 3.05) is 57.4 Å². The van der Waals surface area contributed by atoms with Gasteiger partial charge in [-0.15, -0.1) is 10.1 Å². The van der Waals surface area contributed by atoms with Crippen LogP contribution in [0.25, 0.3) is 0 Å². The summed E-state index contributed by atoms with van der Waals surface area (Å²) in [6.07, 6.45) is 0. The first-order valence-electron chi connectivity index (χ1n) is 10.5. The molecule has 0 atom stereocenters. The zero-order valence-electron chi connectivity index (χ0n) is 17.5. The van der Waals surface area contributed by atoms with E-state index in [-0.39, 0.29) is 24.3 Å². The first-order valence-corrected chi connectivity index (χ1v) is 10.5. The van der Waals surface area contributed by atoms with E-state index >= 15 is 0 Å². The van der Waals surface area contributed by atoms with Gasteiger partial charge in [-0.1, -0.05) is 18.2 Å². The average Bonchev–Trinajstić information content (AvgIpc) is 3.04. The molecule has 1 saturated heterocycles. The van der Waals surface area contributed by atoms with Gasteiger partial charge in [0.2, 0.25) is 0 Å². The Hall–Kier alpha value is -3.66. The number of para-hydroxylation sites is 1. The van der Waals surface area contributed by atoms with Crippen molar-refractivity contribution < 1.29 is 24.3 Å². The predicted octanol–water partition coefficient (Wildman–Crippen LogP) is 1.69. The van der Waals surface area contributed by atoms with Crippen molar-refractivity contribution in [3.8, 4) is 5.75 Å². The van der Waals surface area contributed by atoms with Crippen molar-refractivity contribution in [3.05, 3.63) is 69.8 Å². The molecule has 0 aromatic heterocycles. The molecule has 4 rings (SSSR count). The van der Waals surface area contributed by atoms with Crippen molar-refractivity contribution in [1.29, 1.82) is 0 Å². The van der Waals surface area contributed by atoms with E-state index in [9.17, 15) is 19.7 Å². The summed E-state index contributed by atoms with van der Waals surface area (Å²) in [6, 6.07) is 15.1. The monoisotopic (exact) mass is 440 g/mol. The molecule has 2 aromatic carbocycles. The Bertz CT molecular complexity index is 991. The normalized spacial score (nSPS) is 16.2. The van der Waals surface area contributed by atoms with Gasteiger partial charge >= 0.3 is 0 Å². The highest BCUT2D eigenvalue weighted by atomic mass is 16.9. The van der Waals surface area contributed by atoms with Gasteiger partial charge < -0.3 is 14.5 Å². The molecule has 10 heteroatoms. The molecule has 32 heavy (non-hydrogen) atoms. The predicted molar refractivity (Wildman–Crippen MR) is 115 cm³/mol. The standard InChI is InChI=1S/C22H24N4O6/c27-21-19-7-6-18(16-20(19)22(28)25(21)13-15-32-26(29)30)31-14-12-23-8-10-24(11-9-23)17-4-2-1-3-5-17/h1-7,16H,8-15H2. The van der Waals surface area contributed by atoms with Crippen LogP contribution in [0, 0.1) is 10.1 Å². The minimum Gasteiger partial charge on any atom is -0.492 e. The zero-order chi connectivity index (χ0) is 22.5. The smallest absolute Gasteiger partial charge is 0.294 e. The van der Waals surface area contributed by atoms with Gasteiger partial charge in [0.1, 0.15) is 19.0 Å². The second-order valence-corrected chi connectivity index (χ2v) is 7.54. The number of hydrogen-bond donors (Lipinski definition) is 0. The van der Waals surface area contributed by atoms with Crippen molar-refractivity contribution in [3.63, 3.8) is 0 Å². The lowest BCUT2D eigenvalue weighted by Gasteiger charge is -2.36. The first-order chi connectivity index (χ1) is 15.5. The van der Waals surface area contributed by atoms with E-state index in [1.165, 1.54) is 5.69 Å². The number of hydrogen-bond acceptors (Lipinski definition) is 8. The fourth-order valence-corrected chi connectivity index (χ4v) is 3.93. The number of imide groups is 1. The van der Waals surface area contributed by atoms with Gasteiger partial charge in [-0.25, -0.2) is 0 Å². The van der Waals surface area contributed by atoms with Gasteiger partial charge in [0, 0.05) is 38.4 Å². The topological polar surface area (TPSA) is 105 Å². The van der Waals surface area contributed by atoms with Crippen LogP contribution in [0.1, 0.15) is 20.7 Å². The molecular formula is C22H24N4O6. The summed E-state index contributed by atoms with van der Waals surface area (Å²) in [5.74, 6) is -0.476. The van der Waals surface area contributed by atoms with Gasteiger partial charge in [0.15, 0.2) is 0 Å². The van der Waals surface area contributed by atoms with Crippen LogP contribution >= 0.6 is 0 Å². The second-order valence-electron chi connectivity index (χ2n) is 7.54. The number of nitrogens with zero attached hydrogens (tertiary/aromatic N) is 4. The molecule has 2 heterocycles. The van der Waals surface area contributed by atoms with Crippen LogP contribution in [-0.2, 0) is 4.84 Å². The van der Waals surface area contributed by atoms with Gasteiger partial charge in [-0.3, -0.25) is 19.4 Å². The quantitative estimate of drug-likeness (QED) is 0.330. The Balaban J connectivity index is 1.25. The van der Waals surface area contributed by atoms with E-state index in [1.54, 1.807) is 18.2 Å². The Morgan fingerprint density at radius 3 is 2.31 bits per heavy atom. The fraction of sp³-hybridized carbons (Fsp3) is 0.364. The number of piperazine rings is 1. The van der Waals surface area contributed by atoms with E-state index in [0.717, 1.165) is 37.6 Å². The first kappa shape index (κ1) is 21.6. The molecule has 10 nitrogen and oxygen atoms in total. The maximum atomic E-state index is 12.5. The minimum atomic E-state index is -0.953. The number of carbonyl (C=O) groups is 2. The van der Waals surface area contributed by atoms with E-state index in [4.69, 9.17) is 4.74 Å². The molecule has 0 N–H and O–H groups in total. The lowest BCUT2D eigenvalue weighted by Crippen LogP contribution is -2.47. The lowest BCUT2D eigenvalue weighted by molar-refractivity contribution is -0.757. The summed E-state index contributed by atoms with van der Waals surface area (Å²) in [7, 11) is 0. The van der Waals surface area contributed by atoms with Gasteiger partial charge in [0.25, 0.3) is 16.9 Å². The molecule has 0 radical (unpaired) electrons. The molecule has 0 bridgehead atoms. The molecule has 0 unspecified atom stereocenters. The molecule has 2 aliphatic rings. The number of fused-ring (bicyclic) bond motifs is 1. The molecule has 2 aliphatic heterocycles. The highest BCUT2D eigenvalue weighted by Crippen LogP contribution is 2.27. The third kappa shape index (κ3) is 4.80. The fourth-order valence-electron chi connectivity index (χ4n) is 3.93. The van der Waals surface area contributed by atoms with Gasteiger partial charge in [0.05, 0.1) is 17.7 Å². The van der Waals surface area contributed by atoms with Crippen LogP contribution in [-0.4, -0.2) is 79.2 Å². The van der Waals surface area contributed by atoms with Crippen molar-refractivity contribution in [2.45, 2.75) is 0 Å². The average molecular weight is 440 g/mol. The third-order valence-electron chi connectivity index (χ3n) is 5.62. The summed E-state index contributed by atoms with van der Waals surface area (Å²) >= 11 is 0. The summed E-state index contributed by atoms with van der Waals surface area (Å²) in [6.45, 7) is 4.47. The van der Waals surface area contributed by atoms with E-state index in [0.29, 0.717) is 12.4 Å². The maximum Gasteiger partial charge on any atom is 0.294 e. The number of anilines is 1. The summed E-state index contributed by atoms with van der Waals surface area (Å²) in [5, 5.41) is 9.31. The van der Waals surface area contributed by atoms with E-state index < -0.39 is 16.9 Å². The van der Waals surface area contributed by atoms with Crippen LogP contribution in [0.3, 0.4) is 0 Å². The highest BCUT2D eigenvalue weighted by Gasteiger charge is 2.35. The Labute approximate surface area is 185 Å². The van der Waals surface area contributed by atoms with Crippen molar-refractivity contribution >= 4 is 17.5 Å². The number of benzene rings is 2. The van der Waals surface area contributed by atoms with Crippen LogP contribution < -0.4 is 9.64 Å². The summed E-state index contributed by atoms with van der Waals surface area (Å²) in [5.41, 5.74) is 1.74. The largest absolute Gasteiger partial charge is 0.492 e. The number of ether oxygens (including phenoxy) is 1. The molecule has 0 spiro atoms. The molecule has 168 valence electrons. The van der Waals surface area contributed by atoms with E-state index in [1.807, 2.05) is 18.2 Å². The van der Waals surface area contributed by atoms with Crippen LogP contribution in [0.5, 0.6) is 5.75 Å². The molecule has 0 saturated carbocycles. The van der Waals surface area contributed by atoms with Crippen LogP contribution in [0.4, 0.5) is 5.69 Å². The Morgan fingerprint density at radius 2 is 1.59 bits per heavy atom. The number of carbonyl (C=O) groups excluding carboxylic acids is 2. The van der Waals surface area contributed by atoms with Crippen LogP contribution in [0.2, 0.25) is 0 Å². The third-order valence-corrected chi connectivity index (χ3v) is 5.62. The molecular weight excluding hydrogens is 416 g/mol. The lowest BCUT2D eigenvalue weighted by atomic mass is 10.1. The van der Waals surface area contributed by atoms with Gasteiger partial charge in [-0.2, -0.15) is 0 Å². The van der Waals surface area contributed by atoms with Gasteiger partial charge in [-0.05, 0) is 30.3 Å². The van der Waals surface area contributed by atoms with E-state index in [2.05, 4.69) is 26.8 Å².